The Hall–Kier alpha value is -4.06. The Bertz CT molecular complexity index is 1390. The molecule has 36 heavy (non-hydrogen) atoms. The van der Waals surface area contributed by atoms with Gasteiger partial charge in [0.1, 0.15) is 5.75 Å². The fourth-order valence-electron chi connectivity index (χ4n) is 5.28. The van der Waals surface area contributed by atoms with E-state index in [0.717, 1.165) is 47.0 Å². The number of hydrogen-bond acceptors (Lipinski definition) is 4. The molecule has 1 atom stereocenters. The third kappa shape index (κ3) is 4.59. The van der Waals surface area contributed by atoms with Gasteiger partial charge in [-0.1, -0.05) is 67.1 Å². The van der Waals surface area contributed by atoms with E-state index in [1.165, 1.54) is 18.2 Å². The molecule has 1 heterocycles. The molecule has 2 N–H and O–H groups in total. The van der Waals surface area contributed by atoms with Crippen molar-refractivity contribution in [2.75, 3.05) is 13.7 Å². The van der Waals surface area contributed by atoms with Crippen LogP contribution in [0.25, 0.3) is 22.0 Å². The van der Waals surface area contributed by atoms with Crippen molar-refractivity contribution in [1.29, 1.82) is 0 Å². The highest BCUT2D eigenvalue weighted by Gasteiger charge is 2.31. The fourth-order valence-corrected chi connectivity index (χ4v) is 5.28. The van der Waals surface area contributed by atoms with Crippen LogP contribution in [0, 0.1) is 0 Å². The van der Waals surface area contributed by atoms with Gasteiger partial charge in [-0.15, -0.1) is 0 Å². The first kappa shape index (κ1) is 23.7. The van der Waals surface area contributed by atoms with Crippen LogP contribution in [0.15, 0.2) is 72.8 Å². The van der Waals surface area contributed by atoms with E-state index in [-0.39, 0.29) is 12.5 Å². The number of hydrogen-bond donors (Lipinski definition) is 1. The molecule has 6 nitrogen and oxygen atoms in total. The highest BCUT2D eigenvalue weighted by Crippen LogP contribution is 2.42. The minimum atomic E-state index is -0.456. The highest BCUT2D eigenvalue weighted by molar-refractivity contribution is 5.97. The van der Waals surface area contributed by atoms with Crippen molar-refractivity contribution in [3.05, 3.63) is 89.6 Å². The third-order valence-electron chi connectivity index (χ3n) is 7.02. The van der Waals surface area contributed by atoms with Crippen LogP contribution in [0.2, 0.25) is 0 Å². The molecule has 1 aliphatic rings. The van der Waals surface area contributed by atoms with Crippen LogP contribution in [0.4, 0.5) is 0 Å². The average molecular weight is 483 g/mol. The predicted octanol–water partition coefficient (Wildman–Crippen LogP) is 5.20. The first-order valence-corrected chi connectivity index (χ1v) is 12.3. The maximum Gasteiger partial charge on any atom is 0.343 e. The number of nitrogens with two attached hydrogens (primary N) is 1. The average Bonchev–Trinajstić information content (AvgIpc) is 3.05. The maximum absolute atomic E-state index is 12.6. The molecule has 1 unspecified atom stereocenters. The van der Waals surface area contributed by atoms with Gasteiger partial charge >= 0.3 is 5.97 Å². The zero-order valence-corrected chi connectivity index (χ0v) is 20.4. The summed E-state index contributed by atoms with van der Waals surface area (Å²) in [6.07, 6.45) is 3.48. The standard InChI is InChI=1S/C30H30N2O4/c1-35-27(33)19-36-26-13-7-12-25-29(26)28-23(30(31)34)10-5-6-11-24(28)32(25)18-20-14-16-22(17-15-20)21-8-3-2-4-9-21/h2-4,7-9,12-17,23H,5-6,10-11,18-19H2,1H3,(H2,31,34). The molecule has 6 heteroatoms. The Morgan fingerprint density at radius 3 is 2.42 bits per heavy atom. The number of benzene rings is 3. The smallest absolute Gasteiger partial charge is 0.343 e. The zero-order valence-electron chi connectivity index (χ0n) is 20.4. The number of rotatable bonds is 7. The van der Waals surface area contributed by atoms with Gasteiger partial charge in [0.25, 0.3) is 0 Å². The molecule has 3 aromatic carbocycles. The molecule has 1 aliphatic carbocycles. The van der Waals surface area contributed by atoms with Crippen molar-refractivity contribution in [3.8, 4) is 16.9 Å². The van der Waals surface area contributed by atoms with E-state index in [4.69, 9.17) is 15.2 Å². The summed E-state index contributed by atoms with van der Waals surface area (Å²) in [5.74, 6) is -0.607. The number of primary amides is 1. The van der Waals surface area contributed by atoms with Gasteiger partial charge in [-0.2, -0.15) is 0 Å². The Morgan fingerprint density at radius 1 is 0.944 bits per heavy atom. The van der Waals surface area contributed by atoms with Gasteiger partial charge in [-0.3, -0.25) is 4.79 Å². The number of ether oxygens (including phenoxy) is 2. The maximum atomic E-state index is 12.6. The lowest BCUT2D eigenvalue weighted by atomic mass is 9.92. The van der Waals surface area contributed by atoms with Crippen LogP contribution in [-0.4, -0.2) is 30.2 Å². The molecule has 0 radical (unpaired) electrons. The van der Waals surface area contributed by atoms with Crippen molar-refractivity contribution in [2.45, 2.75) is 38.1 Å². The van der Waals surface area contributed by atoms with E-state index >= 15 is 0 Å². The Balaban J connectivity index is 1.60. The van der Waals surface area contributed by atoms with E-state index in [2.05, 4.69) is 41.0 Å². The quantitative estimate of drug-likeness (QED) is 0.290. The summed E-state index contributed by atoms with van der Waals surface area (Å²) in [7, 11) is 1.33. The lowest BCUT2D eigenvalue weighted by Gasteiger charge is -2.14. The highest BCUT2D eigenvalue weighted by atomic mass is 16.6. The first-order valence-electron chi connectivity index (χ1n) is 12.3. The van der Waals surface area contributed by atoms with Crippen molar-refractivity contribution < 1.29 is 19.1 Å². The number of esters is 1. The third-order valence-corrected chi connectivity index (χ3v) is 7.02. The van der Waals surface area contributed by atoms with E-state index in [1.54, 1.807) is 0 Å². The summed E-state index contributed by atoms with van der Waals surface area (Å²) < 4.78 is 12.9. The molecular weight excluding hydrogens is 452 g/mol. The Morgan fingerprint density at radius 2 is 1.69 bits per heavy atom. The molecular formula is C30H30N2O4. The van der Waals surface area contributed by atoms with Gasteiger partial charge in [0.15, 0.2) is 6.61 Å². The van der Waals surface area contributed by atoms with Gasteiger partial charge in [0, 0.05) is 17.6 Å². The van der Waals surface area contributed by atoms with E-state index in [9.17, 15) is 9.59 Å². The molecule has 0 saturated heterocycles. The molecule has 0 aliphatic heterocycles. The second-order valence-electron chi connectivity index (χ2n) is 9.23. The number of carbonyl (C=O) groups excluding carboxylic acids is 2. The first-order chi connectivity index (χ1) is 17.6. The number of methoxy groups -OCH3 is 1. The molecule has 4 aromatic rings. The van der Waals surface area contributed by atoms with Gasteiger partial charge in [-0.05, 0) is 53.6 Å². The summed E-state index contributed by atoms with van der Waals surface area (Å²) >= 11 is 0. The number of nitrogens with zero attached hydrogens (tertiary/aromatic N) is 1. The van der Waals surface area contributed by atoms with Crippen LogP contribution in [0.1, 0.15) is 42.0 Å². The fraction of sp³-hybridized carbons (Fsp3) is 0.267. The van der Waals surface area contributed by atoms with Crippen LogP contribution in [0.5, 0.6) is 5.75 Å². The van der Waals surface area contributed by atoms with Crippen LogP contribution >= 0.6 is 0 Å². The summed E-state index contributed by atoms with van der Waals surface area (Å²) in [5.41, 5.74) is 12.5. The number of amides is 1. The van der Waals surface area contributed by atoms with E-state index in [0.29, 0.717) is 18.7 Å². The largest absolute Gasteiger partial charge is 0.481 e. The van der Waals surface area contributed by atoms with Gasteiger partial charge in [-0.25, -0.2) is 4.79 Å². The second-order valence-corrected chi connectivity index (χ2v) is 9.23. The normalized spacial score (nSPS) is 15.2. The molecule has 0 spiro atoms. The van der Waals surface area contributed by atoms with Gasteiger partial charge < -0.3 is 19.8 Å². The summed E-state index contributed by atoms with van der Waals surface area (Å²) in [6.45, 7) is 0.463. The molecule has 0 fully saturated rings. The van der Waals surface area contributed by atoms with Crippen molar-refractivity contribution in [2.24, 2.45) is 5.73 Å². The van der Waals surface area contributed by atoms with Crippen molar-refractivity contribution in [3.63, 3.8) is 0 Å². The number of fused-ring (bicyclic) bond motifs is 3. The SMILES string of the molecule is COC(=O)COc1cccc2c1c1c(n2Cc2ccc(-c3ccccc3)cc2)CCCCC1C(N)=O. The monoisotopic (exact) mass is 482 g/mol. The molecule has 0 saturated carbocycles. The lowest BCUT2D eigenvalue weighted by molar-refractivity contribution is -0.142. The van der Waals surface area contributed by atoms with Crippen LogP contribution in [-0.2, 0) is 27.3 Å². The molecule has 1 aromatic heterocycles. The summed E-state index contributed by atoms with van der Waals surface area (Å²) in [4.78, 5) is 24.4. The van der Waals surface area contributed by atoms with Crippen LogP contribution < -0.4 is 10.5 Å². The summed E-state index contributed by atoms with van der Waals surface area (Å²) in [6, 6.07) is 24.7. The van der Waals surface area contributed by atoms with E-state index in [1.807, 2.05) is 36.4 Å². The molecule has 1 amide bonds. The predicted molar refractivity (Wildman–Crippen MR) is 140 cm³/mol. The van der Waals surface area contributed by atoms with Crippen molar-refractivity contribution in [1.82, 2.24) is 4.57 Å². The molecule has 5 rings (SSSR count). The van der Waals surface area contributed by atoms with Crippen molar-refractivity contribution >= 4 is 22.8 Å². The molecule has 0 bridgehead atoms. The Labute approximate surface area is 210 Å². The topological polar surface area (TPSA) is 83.6 Å². The minimum Gasteiger partial charge on any atom is -0.481 e. The van der Waals surface area contributed by atoms with E-state index < -0.39 is 11.9 Å². The van der Waals surface area contributed by atoms with Gasteiger partial charge in [0.2, 0.25) is 5.91 Å². The summed E-state index contributed by atoms with van der Waals surface area (Å²) in [5, 5.41) is 0.864. The van der Waals surface area contributed by atoms with Crippen LogP contribution in [0.3, 0.4) is 0 Å². The molecule has 184 valence electrons. The zero-order chi connectivity index (χ0) is 25.1. The second kappa shape index (κ2) is 10.3. The van der Waals surface area contributed by atoms with Gasteiger partial charge in [0.05, 0.1) is 18.5 Å². The number of aromatic nitrogens is 1. The lowest BCUT2D eigenvalue weighted by Crippen LogP contribution is -2.21. The minimum absolute atomic E-state index is 0.197. The number of carbonyl (C=O) groups is 2. The Kier molecular flexibility index (Phi) is 6.76.